The van der Waals surface area contributed by atoms with E-state index >= 15 is 0 Å². The van der Waals surface area contributed by atoms with E-state index in [1.807, 2.05) is 79.4 Å². The molecule has 1 atom stereocenters. The number of nitrogens with zero attached hydrogens (tertiary/aromatic N) is 2. The van der Waals surface area contributed by atoms with Crippen molar-refractivity contribution in [3.63, 3.8) is 0 Å². The van der Waals surface area contributed by atoms with Crippen molar-refractivity contribution in [2.45, 2.75) is 76.0 Å². The van der Waals surface area contributed by atoms with E-state index in [9.17, 15) is 9.59 Å². The number of ether oxygens (including phenoxy) is 2. The fraction of sp³-hybridized carbons (Fsp3) is 0.469. The van der Waals surface area contributed by atoms with E-state index in [4.69, 9.17) is 14.5 Å². The molecule has 3 aliphatic rings. The molecule has 1 aliphatic carbocycles. The number of amides is 2. The fourth-order valence-corrected chi connectivity index (χ4v) is 8.74. The van der Waals surface area contributed by atoms with E-state index < -0.39 is 19.7 Å². The summed E-state index contributed by atoms with van der Waals surface area (Å²) in [7, 11) is -1.72. The zero-order chi connectivity index (χ0) is 28.5. The Bertz CT molecular complexity index is 1310. The first-order valence-electron chi connectivity index (χ1n) is 14.3. The average Bonchev–Trinajstić information content (AvgIpc) is 3.40. The molecule has 1 unspecified atom stereocenters. The van der Waals surface area contributed by atoms with Gasteiger partial charge in [0.15, 0.2) is 6.10 Å². The van der Waals surface area contributed by atoms with Crippen molar-refractivity contribution < 1.29 is 19.1 Å². The summed E-state index contributed by atoms with van der Waals surface area (Å²) in [4.78, 5) is 34.2. The molecule has 2 aromatic rings. The molecule has 0 spiro atoms. The van der Waals surface area contributed by atoms with Crippen LogP contribution in [0.5, 0.6) is 5.75 Å². The number of para-hydroxylation sites is 1. The first-order valence-corrected chi connectivity index (χ1v) is 17.8. The third-order valence-electron chi connectivity index (χ3n) is 9.03. The number of nitrogens with one attached hydrogen (secondary N) is 1. The highest BCUT2D eigenvalue weighted by Gasteiger charge is 2.54. The zero-order valence-corrected chi connectivity index (χ0v) is 25.3. The number of carbonyl (C=O) groups is 2. The first kappa shape index (κ1) is 28.3. The van der Waals surface area contributed by atoms with Crippen LogP contribution in [0.3, 0.4) is 0 Å². The van der Waals surface area contributed by atoms with Gasteiger partial charge in [0, 0.05) is 10.6 Å². The van der Waals surface area contributed by atoms with E-state index in [1.54, 1.807) is 0 Å². The minimum absolute atomic E-state index is 0.104. The molecule has 0 saturated heterocycles. The lowest BCUT2D eigenvalue weighted by Crippen LogP contribution is -2.55. The maximum atomic E-state index is 14.1. The molecule has 2 heterocycles. The summed E-state index contributed by atoms with van der Waals surface area (Å²) in [5.41, 5.74) is 2.51. The molecule has 8 heteroatoms. The largest absolute Gasteiger partial charge is 0.478 e. The van der Waals surface area contributed by atoms with Gasteiger partial charge in [0.25, 0.3) is 5.91 Å². The summed E-state index contributed by atoms with van der Waals surface area (Å²) in [6.07, 6.45) is 2.18. The topological polar surface area (TPSA) is 80.2 Å². The Morgan fingerprint density at radius 3 is 2.27 bits per heavy atom. The summed E-state index contributed by atoms with van der Waals surface area (Å²) < 4.78 is 12.2. The average molecular weight is 560 g/mol. The fourth-order valence-electron chi connectivity index (χ4n) is 6.14. The second-order valence-corrected chi connectivity index (χ2v) is 18.1. The molecule has 0 aromatic heterocycles. The Labute approximate surface area is 238 Å². The Morgan fingerprint density at radius 1 is 1.02 bits per heavy atom. The first-order chi connectivity index (χ1) is 19.0. The third kappa shape index (κ3) is 5.27. The van der Waals surface area contributed by atoms with E-state index in [-0.39, 0.29) is 23.5 Å². The number of aliphatic imine (C=N–C) groups is 1. The van der Waals surface area contributed by atoms with Crippen molar-refractivity contribution in [1.82, 2.24) is 10.2 Å². The van der Waals surface area contributed by atoms with Gasteiger partial charge >= 0.3 is 0 Å². The maximum Gasteiger partial charge on any atom is 0.267 e. The smallest absolute Gasteiger partial charge is 0.267 e. The highest BCUT2D eigenvalue weighted by molar-refractivity contribution is 6.82. The van der Waals surface area contributed by atoms with Gasteiger partial charge in [-0.3, -0.25) is 14.6 Å². The van der Waals surface area contributed by atoms with Crippen LogP contribution in [0.2, 0.25) is 24.7 Å². The standard InChI is InChI=1S/C32H41N3O4Si/c1-31(2)26-19-33-28(34-30(37)32(17-12-18-32)40(3,4)5)25(26)20-35(31)29(36)27(39-24-15-10-7-11-16-24)22-38-21-23-13-8-6-9-14-23/h6-11,13-16,27H,12,17-22H2,1-5H3,(H,33,34,37). The molecular formula is C32H41N3O4Si. The van der Waals surface area contributed by atoms with Crippen LogP contribution in [0.4, 0.5) is 0 Å². The molecule has 0 radical (unpaired) electrons. The van der Waals surface area contributed by atoms with E-state index in [0.29, 0.717) is 31.3 Å². The predicted molar refractivity (Wildman–Crippen MR) is 160 cm³/mol. The van der Waals surface area contributed by atoms with Gasteiger partial charge in [0.05, 0.1) is 39.9 Å². The van der Waals surface area contributed by atoms with Gasteiger partial charge in [0.2, 0.25) is 5.91 Å². The quantitative estimate of drug-likeness (QED) is 0.420. The highest BCUT2D eigenvalue weighted by Crippen LogP contribution is 2.55. The van der Waals surface area contributed by atoms with E-state index in [1.165, 1.54) is 0 Å². The SMILES string of the molecule is CC1(C)C2=C(CN1C(=O)C(COCc1ccccc1)Oc1ccccc1)C(NC(=O)C1([Si](C)(C)C)CCC1)=NC2. The molecule has 2 aliphatic heterocycles. The molecule has 7 nitrogen and oxygen atoms in total. The Kier molecular flexibility index (Phi) is 7.76. The van der Waals surface area contributed by atoms with Gasteiger partial charge in [-0.25, -0.2) is 0 Å². The number of hydrogen-bond donors (Lipinski definition) is 1. The monoisotopic (exact) mass is 559 g/mol. The van der Waals surface area contributed by atoms with Gasteiger partial charge < -0.3 is 19.7 Å². The second-order valence-electron chi connectivity index (χ2n) is 12.7. The maximum absolute atomic E-state index is 14.1. The lowest BCUT2D eigenvalue weighted by Gasteiger charge is -2.49. The number of hydrogen-bond acceptors (Lipinski definition) is 5. The van der Waals surface area contributed by atoms with Crippen molar-refractivity contribution in [2.24, 2.45) is 4.99 Å². The lowest BCUT2D eigenvalue weighted by atomic mass is 9.83. The number of amidine groups is 1. The van der Waals surface area contributed by atoms with Gasteiger partial charge in [-0.05, 0) is 50.0 Å². The summed E-state index contributed by atoms with van der Waals surface area (Å²) in [5, 5.41) is 2.97. The van der Waals surface area contributed by atoms with Crippen LogP contribution < -0.4 is 10.1 Å². The number of rotatable bonds is 9. The molecular weight excluding hydrogens is 518 g/mol. The van der Waals surface area contributed by atoms with Crippen molar-refractivity contribution in [1.29, 1.82) is 0 Å². The van der Waals surface area contributed by atoms with Crippen LogP contribution in [-0.2, 0) is 20.9 Å². The van der Waals surface area contributed by atoms with Crippen LogP contribution in [0.1, 0.15) is 38.7 Å². The molecule has 2 aromatic carbocycles. The second kappa shape index (κ2) is 11.0. The van der Waals surface area contributed by atoms with Crippen molar-refractivity contribution in [2.75, 3.05) is 19.7 Å². The van der Waals surface area contributed by atoms with Crippen molar-refractivity contribution in [3.8, 4) is 5.75 Å². The normalized spacial score (nSPS) is 19.9. The Morgan fingerprint density at radius 2 is 1.68 bits per heavy atom. The van der Waals surface area contributed by atoms with Crippen LogP contribution in [0.15, 0.2) is 76.8 Å². The minimum Gasteiger partial charge on any atom is -0.478 e. The Hall–Kier alpha value is -3.23. The molecule has 212 valence electrons. The van der Waals surface area contributed by atoms with Gasteiger partial charge in [-0.1, -0.05) is 74.6 Å². The van der Waals surface area contributed by atoms with Crippen LogP contribution in [0.25, 0.3) is 0 Å². The van der Waals surface area contributed by atoms with Gasteiger partial charge in [-0.2, -0.15) is 0 Å². The molecule has 1 N–H and O–H groups in total. The molecule has 1 fully saturated rings. The predicted octanol–water partition coefficient (Wildman–Crippen LogP) is 5.36. The summed E-state index contributed by atoms with van der Waals surface area (Å²) in [5.74, 6) is 1.22. The van der Waals surface area contributed by atoms with Gasteiger partial charge in [0.1, 0.15) is 11.6 Å². The number of carbonyl (C=O) groups excluding carboxylic acids is 2. The third-order valence-corrected chi connectivity index (χ3v) is 12.6. The zero-order valence-electron chi connectivity index (χ0n) is 24.3. The molecule has 2 amide bonds. The Balaban J connectivity index is 1.31. The summed E-state index contributed by atoms with van der Waals surface area (Å²) >= 11 is 0. The molecule has 40 heavy (non-hydrogen) atoms. The summed E-state index contributed by atoms with van der Waals surface area (Å²) in [6.45, 7) is 12.3. The molecule has 0 bridgehead atoms. The molecule has 5 rings (SSSR count). The minimum atomic E-state index is -1.72. The van der Waals surface area contributed by atoms with Crippen LogP contribution >= 0.6 is 0 Å². The van der Waals surface area contributed by atoms with E-state index in [0.717, 1.165) is 36.0 Å². The van der Waals surface area contributed by atoms with Crippen molar-refractivity contribution >= 4 is 25.7 Å². The van der Waals surface area contributed by atoms with Gasteiger partial charge in [-0.15, -0.1) is 0 Å². The summed E-state index contributed by atoms with van der Waals surface area (Å²) in [6, 6.07) is 19.3. The van der Waals surface area contributed by atoms with Crippen LogP contribution in [0, 0.1) is 0 Å². The lowest BCUT2D eigenvalue weighted by molar-refractivity contribution is -0.144. The molecule has 1 saturated carbocycles. The highest BCUT2D eigenvalue weighted by atomic mass is 28.3. The van der Waals surface area contributed by atoms with Crippen LogP contribution in [-0.4, -0.2) is 62.0 Å². The van der Waals surface area contributed by atoms with E-state index in [2.05, 4.69) is 25.0 Å². The van der Waals surface area contributed by atoms with Crippen molar-refractivity contribution in [3.05, 3.63) is 77.4 Å². The number of benzene rings is 2.